The van der Waals surface area contributed by atoms with Crippen LogP contribution in [-0.4, -0.2) is 27.2 Å². The molecule has 0 bridgehead atoms. The zero-order chi connectivity index (χ0) is 13.7. The third-order valence-corrected chi connectivity index (χ3v) is 3.97. The Labute approximate surface area is 107 Å². The van der Waals surface area contributed by atoms with E-state index in [9.17, 15) is 18.7 Å². The average molecular weight is 274 g/mol. The van der Waals surface area contributed by atoms with Crippen LogP contribution < -0.4 is 5.32 Å². The van der Waals surface area contributed by atoms with Crippen LogP contribution >= 0.6 is 0 Å². The second-order valence-electron chi connectivity index (χ2n) is 3.95. The summed E-state index contributed by atoms with van der Waals surface area (Å²) in [5, 5.41) is 13.3. The molecule has 18 heavy (non-hydrogen) atoms. The summed E-state index contributed by atoms with van der Waals surface area (Å²) in [6.07, 6.45) is 2.26. The number of hydrogen-bond acceptors (Lipinski definition) is 4. The highest BCUT2D eigenvalue weighted by Gasteiger charge is 2.11. The van der Waals surface area contributed by atoms with Crippen molar-refractivity contribution < 1.29 is 13.5 Å². The number of halogens is 1. The minimum atomic E-state index is -0.906. The Morgan fingerprint density at radius 3 is 2.72 bits per heavy atom. The van der Waals surface area contributed by atoms with Crippen LogP contribution in [0.25, 0.3) is 0 Å². The SMILES string of the molecule is CC(CCNc1ccc([N+](=O)[O-])cc1F)S(C)=O. The van der Waals surface area contributed by atoms with Gasteiger partial charge in [0.05, 0.1) is 16.7 Å². The van der Waals surface area contributed by atoms with Crippen LogP contribution in [0, 0.1) is 15.9 Å². The Balaban J connectivity index is 2.58. The summed E-state index contributed by atoms with van der Waals surface area (Å²) in [7, 11) is -0.906. The molecule has 7 heteroatoms. The molecular formula is C11H15FN2O3S. The first-order valence-electron chi connectivity index (χ1n) is 5.42. The number of nitro groups is 1. The Morgan fingerprint density at radius 2 is 2.22 bits per heavy atom. The van der Waals surface area contributed by atoms with E-state index in [4.69, 9.17) is 0 Å². The van der Waals surface area contributed by atoms with Crippen LogP contribution in [0.1, 0.15) is 13.3 Å². The molecule has 0 saturated heterocycles. The molecule has 2 unspecified atom stereocenters. The molecule has 2 atom stereocenters. The molecule has 1 aromatic rings. The third kappa shape index (κ3) is 4.06. The van der Waals surface area contributed by atoms with Crippen LogP contribution in [0.4, 0.5) is 15.8 Å². The van der Waals surface area contributed by atoms with Gasteiger partial charge in [0.2, 0.25) is 0 Å². The van der Waals surface area contributed by atoms with Crippen molar-refractivity contribution in [2.75, 3.05) is 18.1 Å². The van der Waals surface area contributed by atoms with E-state index in [0.29, 0.717) is 13.0 Å². The minimum Gasteiger partial charge on any atom is -0.383 e. The first-order valence-corrected chi connectivity index (χ1v) is 7.04. The third-order valence-electron chi connectivity index (χ3n) is 2.60. The van der Waals surface area contributed by atoms with Crippen molar-refractivity contribution in [1.82, 2.24) is 0 Å². The van der Waals surface area contributed by atoms with E-state index in [0.717, 1.165) is 6.07 Å². The maximum atomic E-state index is 13.5. The summed E-state index contributed by atoms with van der Waals surface area (Å²) in [6.45, 7) is 2.32. The fourth-order valence-electron chi connectivity index (χ4n) is 1.34. The van der Waals surface area contributed by atoms with E-state index in [1.54, 1.807) is 6.26 Å². The Bertz CT molecular complexity index is 468. The van der Waals surface area contributed by atoms with Crippen LogP contribution in [-0.2, 0) is 10.8 Å². The number of anilines is 1. The molecule has 0 aliphatic rings. The second kappa shape index (κ2) is 6.44. The summed E-state index contributed by atoms with van der Waals surface area (Å²) in [6, 6.07) is 3.46. The highest BCUT2D eigenvalue weighted by molar-refractivity contribution is 7.84. The molecule has 0 aliphatic carbocycles. The summed E-state index contributed by atoms with van der Waals surface area (Å²) in [5.41, 5.74) is -0.0595. The normalized spacial score (nSPS) is 13.9. The lowest BCUT2D eigenvalue weighted by Crippen LogP contribution is -2.15. The molecule has 1 N–H and O–H groups in total. The highest BCUT2D eigenvalue weighted by Crippen LogP contribution is 2.20. The first-order chi connectivity index (χ1) is 8.41. The van der Waals surface area contributed by atoms with Gasteiger partial charge in [-0.05, 0) is 12.5 Å². The molecule has 0 radical (unpaired) electrons. The number of non-ortho nitro benzene ring substituents is 1. The number of benzene rings is 1. The molecule has 0 aliphatic heterocycles. The van der Waals surface area contributed by atoms with E-state index in [2.05, 4.69) is 5.32 Å². The average Bonchev–Trinajstić information content (AvgIpc) is 2.30. The Kier molecular flexibility index (Phi) is 5.21. The van der Waals surface area contributed by atoms with Gasteiger partial charge in [-0.2, -0.15) is 0 Å². The van der Waals surface area contributed by atoms with Gasteiger partial charge in [-0.3, -0.25) is 14.3 Å². The Morgan fingerprint density at radius 1 is 1.56 bits per heavy atom. The zero-order valence-electron chi connectivity index (χ0n) is 10.2. The molecule has 5 nitrogen and oxygen atoms in total. The Hall–Kier alpha value is -1.50. The monoisotopic (exact) mass is 274 g/mol. The van der Waals surface area contributed by atoms with E-state index in [1.165, 1.54) is 12.1 Å². The molecule has 100 valence electrons. The van der Waals surface area contributed by atoms with Gasteiger partial charge in [0.15, 0.2) is 5.82 Å². The molecule has 1 rings (SSSR count). The quantitative estimate of drug-likeness (QED) is 0.638. The first kappa shape index (κ1) is 14.6. The number of nitro benzene ring substituents is 1. The summed E-state index contributed by atoms with van der Waals surface area (Å²) in [4.78, 5) is 9.78. The van der Waals surface area contributed by atoms with E-state index in [-0.39, 0.29) is 16.6 Å². The molecule has 1 aromatic carbocycles. The number of rotatable bonds is 6. The maximum Gasteiger partial charge on any atom is 0.272 e. The smallest absolute Gasteiger partial charge is 0.272 e. The number of nitrogens with zero attached hydrogens (tertiary/aromatic N) is 1. The van der Waals surface area contributed by atoms with Crippen LogP contribution in [0.2, 0.25) is 0 Å². The van der Waals surface area contributed by atoms with E-state index < -0.39 is 21.5 Å². The number of hydrogen-bond donors (Lipinski definition) is 1. The number of nitrogens with one attached hydrogen (secondary N) is 1. The zero-order valence-corrected chi connectivity index (χ0v) is 11.0. The fraction of sp³-hybridized carbons (Fsp3) is 0.455. The van der Waals surface area contributed by atoms with Crippen LogP contribution in [0.15, 0.2) is 18.2 Å². The van der Waals surface area contributed by atoms with Crippen molar-refractivity contribution in [3.8, 4) is 0 Å². The van der Waals surface area contributed by atoms with Gasteiger partial charge in [-0.25, -0.2) is 4.39 Å². The second-order valence-corrected chi connectivity index (χ2v) is 5.75. The fourth-order valence-corrected chi connectivity index (χ4v) is 1.79. The van der Waals surface area contributed by atoms with Crippen LogP contribution in [0.5, 0.6) is 0 Å². The maximum absolute atomic E-state index is 13.5. The molecule has 0 spiro atoms. The summed E-state index contributed by atoms with van der Waals surface area (Å²) >= 11 is 0. The predicted molar refractivity (Wildman–Crippen MR) is 69.7 cm³/mol. The highest BCUT2D eigenvalue weighted by atomic mass is 32.2. The van der Waals surface area contributed by atoms with Gasteiger partial charge in [0, 0.05) is 34.9 Å². The van der Waals surface area contributed by atoms with Gasteiger partial charge in [0.25, 0.3) is 5.69 Å². The van der Waals surface area contributed by atoms with E-state index in [1.807, 2.05) is 6.92 Å². The van der Waals surface area contributed by atoms with Crippen molar-refractivity contribution in [3.63, 3.8) is 0 Å². The van der Waals surface area contributed by atoms with Gasteiger partial charge < -0.3 is 5.32 Å². The summed E-state index contributed by atoms with van der Waals surface area (Å²) < 4.78 is 24.6. The minimum absolute atomic E-state index is 0.0265. The van der Waals surface area contributed by atoms with Crippen molar-refractivity contribution in [2.24, 2.45) is 0 Å². The molecule has 0 amide bonds. The van der Waals surface area contributed by atoms with Crippen molar-refractivity contribution >= 4 is 22.2 Å². The lowest BCUT2D eigenvalue weighted by Gasteiger charge is -2.10. The summed E-state index contributed by atoms with van der Waals surface area (Å²) in [5.74, 6) is -0.658. The molecule has 0 saturated carbocycles. The van der Waals surface area contributed by atoms with Gasteiger partial charge >= 0.3 is 0 Å². The lowest BCUT2D eigenvalue weighted by atomic mass is 10.2. The van der Waals surface area contributed by atoms with Crippen molar-refractivity contribution in [1.29, 1.82) is 0 Å². The van der Waals surface area contributed by atoms with Crippen molar-refractivity contribution in [3.05, 3.63) is 34.1 Å². The molecule has 0 aromatic heterocycles. The predicted octanol–water partition coefficient (Wildman–Crippen LogP) is 2.30. The topological polar surface area (TPSA) is 72.2 Å². The van der Waals surface area contributed by atoms with E-state index >= 15 is 0 Å². The van der Waals surface area contributed by atoms with Gasteiger partial charge in [-0.1, -0.05) is 6.92 Å². The lowest BCUT2D eigenvalue weighted by molar-refractivity contribution is -0.385. The van der Waals surface area contributed by atoms with Crippen LogP contribution in [0.3, 0.4) is 0 Å². The standard InChI is InChI=1S/C11H15FN2O3S/c1-8(18(2)17)5-6-13-11-4-3-9(14(15)16)7-10(11)12/h3-4,7-8,13H,5-6H2,1-2H3. The van der Waals surface area contributed by atoms with Gasteiger partial charge in [0.1, 0.15) is 0 Å². The largest absolute Gasteiger partial charge is 0.383 e. The van der Waals surface area contributed by atoms with Crippen molar-refractivity contribution in [2.45, 2.75) is 18.6 Å². The van der Waals surface area contributed by atoms with Gasteiger partial charge in [-0.15, -0.1) is 0 Å². The molecule has 0 fully saturated rings. The molecule has 0 heterocycles. The molecular weight excluding hydrogens is 259 g/mol.